The van der Waals surface area contributed by atoms with Crippen LogP contribution in [0.1, 0.15) is 5.56 Å². The highest BCUT2D eigenvalue weighted by molar-refractivity contribution is 6.42. The third-order valence-electron chi connectivity index (χ3n) is 4.35. The van der Waals surface area contributed by atoms with Crippen LogP contribution < -0.4 is 10.4 Å². The molecule has 0 amide bonds. The second kappa shape index (κ2) is 7.10. The Bertz CT molecular complexity index is 1180. The van der Waals surface area contributed by atoms with E-state index < -0.39 is 0 Å². The van der Waals surface area contributed by atoms with Crippen LogP contribution in [0.5, 0.6) is 5.88 Å². The average Bonchev–Trinajstić information content (AvgIpc) is 2.97. The van der Waals surface area contributed by atoms with Gasteiger partial charge in [0.15, 0.2) is 0 Å². The van der Waals surface area contributed by atoms with Gasteiger partial charge in [-0.3, -0.25) is 9.13 Å². The van der Waals surface area contributed by atoms with E-state index in [4.69, 9.17) is 27.9 Å². The van der Waals surface area contributed by atoms with Gasteiger partial charge >= 0.3 is 5.69 Å². The number of pyridine rings is 1. The molecule has 0 aliphatic carbocycles. The maximum atomic E-state index is 13.2. The Morgan fingerprint density at radius 3 is 2.44 bits per heavy atom. The van der Waals surface area contributed by atoms with E-state index in [-0.39, 0.29) is 5.69 Å². The Balaban J connectivity index is 1.87. The van der Waals surface area contributed by atoms with Crippen LogP contribution in [0, 0.1) is 0 Å². The first kappa shape index (κ1) is 17.6. The van der Waals surface area contributed by atoms with Crippen molar-refractivity contribution in [2.24, 2.45) is 0 Å². The molecule has 0 N–H and O–H groups in total. The number of aromatic nitrogens is 3. The first-order chi connectivity index (χ1) is 13.1. The van der Waals surface area contributed by atoms with Gasteiger partial charge in [-0.1, -0.05) is 41.4 Å². The molecule has 2 aromatic heterocycles. The van der Waals surface area contributed by atoms with Gasteiger partial charge in [-0.15, -0.1) is 0 Å². The SMILES string of the molecule is COc1ccc(-n2c(=O)n(Cc3ccc(Cl)c(Cl)c3)c3ccccc32)cn1. The van der Waals surface area contributed by atoms with Crippen LogP contribution in [-0.2, 0) is 6.54 Å². The van der Waals surface area contributed by atoms with E-state index >= 15 is 0 Å². The predicted octanol–water partition coefficient (Wildman–Crippen LogP) is 4.55. The molecule has 0 spiro atoms. The van der Waals surface area contributed by atoms with E-state index in [1.807, 2.05) is 36.4 Å². The number of ether oxygens (including phenoxy) is 1. The number of nitrogens with zero attached hydrogens (tertiary/aromatic N) is 3. The molecule has 0 aliphatic rings. The standard InChI is InChI=1S/C20H15Cl2N3O2/c1-27-19-9-7-14(11-23-19)25-18-5-3-2-4-17(18)24(20(25)26)12-13-6-8-15(21)16(22)10-13/h2-11H,12H2,1H3. The molecule has 0 fully saturated rings. The van der Waals surface area contributed by atoms with Crippen molar-refractivity contribution < 1.29 is 4.74 Å². The average molecular weight is 400 g/mol. The van der Waals surface area contributed by atoms with Gasteiger partial charge in [0.1, 0.15) is 0 Å². The van der Waals surface area contributed by atoms with Crippen molar-refractivity contribution in [3.63, 3.8) is 0 Å². The molecule has 2 heterocycles. The summed E-state index contributed by atoms with van der Waals surface area (Å²) in [5.41, 5.74) is 3.03. The predicted molar refractivity (Wildman–Crippen MR) is 107 cm³/mol. The van der Waals surface area contributed by atoms with E-state index in [9.17, 15) is 4.79 Å². The van der Waals surface area contributed by atoms with Gasteiger partial charge in [0.05, 0.1) is 46.6 Å². The lowest BCUT2D eigenvalue weighted by Gasteiger charge is -2.05. The molecule has 7 heteroatoms. The van der Waals surface area contributed by atoms with Gasteiger partial charge in [-0.05, 0) is 35.9 Å². The van der Waals surface area contributed by atoms with Crippen molar-refractivity contribution in [3.05, 3.63) is 86.9 Å². The summed E-state index contributed by atoms with van der Waals surface area (Å²) < 4.78 is 8.45. The topological polar surface area (TPSA) is 49.0 Å². The zero-order chi connectivity index (χ0) is 19.0. The lowest BCUT2D eigenvalue weighted by Crippen LogP contribution is -2.23. The Morgan fingerprint density at radius 2 is 1.78 bits per heavy atom. The van der Waals surface area contributed by atoms with Crippen LogP contribution in [0.15, 0.2) is 65.6 Å². The summed E-state index contributed by atoms with van der Waals surface area (Å²) in [4.78, 5) is 17.4. The molecule has 0 atom stereocenters. The van der Waals surface area contributed by atoms with Gasteiger partial charge in [0, 0.05) is 6.07 Å². The molecule has 0 aliphatic heterocycles. The molecule has 4 aromatic rings. The van der Waals surface area contributed by atoms with E-state index in [1.165, 1.54) is 0 Å². The number of para-hydroxylation sites is 2. The number of benzene rings is 2. The van der Waals surface area contributed by atoms with Crippen molar-refractivity contribution >= 4 is 34.2 Å². The van der Waals surface area contributed by atoms with Crippen LogP contribution in [0.3, 0.4) is 0 Å². The van der Waals surface area contributed by atoms with Crippen molar-refractivity contribution in [1.29, 1.82) is 0 Å². The summed E-state index contributed by atoms with van der Waals surface area (Å²) in [6.07, 6.45) is 1.62. The molecule has 27 heavy (non-hydrogen) atoms. The fourth-order valence-electron chi connectivity index (χ4n) is 3.06. The second-order valence-corrected chi connectivity index (χ2v) is 6.81. The fourth-order valence-corrected chi connectivity index (χ4v) is 3.38. The number of fused-ring (bicyclic) bond motifs is 1. The summed E-state index contributed by atoms with van der Waals surface area (Å²) >= 11 is 12.1. The molecule has 0 bridgehead atoms. The highest BCUT2D eigenvalue weighted by atomic mass is 35.5. The molecule has 0 unspecified atom stereocenters. The molecule has 0 saturated heterocycles. The molecule has 136 valence electrons. The molecular formula is C20H15Cl2N3O2. The third kappa shape index (κ3) is 3.20. The summed E-state index contributed by atoms with van der Waals surface area (Å²) in [6.45, 7) is 0.382. The Labute approximate surface area is 165 Å². The van der Waals surface area contributed by atoms with Gasteiger partial charge < -0.3 is 4.74 Å². The van der Waals surface area contributed by atoms with Gasteiger partial charge in [0.2, 0.25) is 5.88 Å². The zero-order valence-corrected chi connectivity index (χ0v) is 15.9. The molecule has 4 rings (SSSR count). The fraction of sp³-hybridized carbons (Fsp3) is 0.100. The minimum absolute atomic E-state index is 0.158. The first-order valence-corrected chi connectivity index (χ1v) is 8.98. The van der Waals surface area contributed by atoms with Gasteiger partial charge in [-0.25, -0.2) is 9.78 Å². The first-order valence-electron chi connectivity index (χ1n) is 8.23. The maximum absolute atomic E-state index is 13.2. The number of hydrogen-bond acceptors (Lipinski definition) is 3. The summed E-state index contributed by atoms with van der Waals surface area (Å²) in [5, 5.41) is 0.949. The van der Waals surface area contributed by atoms with Gasteiger partial charge in [-0.2, -0.15) is 0 Å². The lowest BCUT2D eigenvalue weighted by atomic mass is 10.2. The molecule has 2 aromatic carbocycles. The molecule has 0 saturated carbocycles. The van der Waals surface area contributed by atoms with E-state index in [1.54, 1.807) is 40.6 Å². The van der Waals surface area contributed by atoms with Crippen molar-refractivity contribution in [1.82, 2.24) is 14.1 Å². The van der Waals surface area contributed by atoms with Crippen LogP contribution in [0.2, 0.25) is 10.0 Å². The van der Waals surface area contributed by atoms with Gasteiger partial charge in [0.25, 0.3) is 0 Å². The number of rotatable bonds is 4. The van der Waals surface area contributed by atoms with Crippen molar-refractivity contribution in [2.75, 3.05) is 7.11 Å². The number of hydrogen-bond donors (Lipinski definition) is 0. The van der Waals surface area contributed by atoms with Crippen molar-refractivity contribution in [2.45, 2.75) is 6.54 Å². The minimum Gasteiger partial charge on any atom is -0.481 e. The van der Waals surface area contributed by atoms with Crippen LogP contribution in [-0.4, -0.2) is 21.2 Å². The molecule has 0 radical (unpaired) electrons. The third-order valence-corrected chi connectivity index (χ3v) is 5.09. The van der Waals surface area contributed by atoms with E-state index in [0.717, 1.165) is 16.6 Å². The lowest BCUT2D eigenvalue weighted by molar-refractivity contribution is 0.398. The number of halogens is 2. The molecule has 5 nitrogen and oxygen atoms in total. The normalized spacial score (nSPS) is 11.1. The monoisotopic (exact) mass is 399 g/mol. The summed E-state index contributed by atoms with van der Waals surface area (Å²) in [5.74, 6) is 0.492. The maximum Gasteiger partial charge on any atom is 0.334 e. The van der Waals surface area contributed by atoms with Crippen molar-refractivity contribution in [3.8, 4) is 11.6 Å². The molecular weight excluding hydrogens is 385 g/mol. The smallest absolute Gasteiger partial charge is 0.334 e. The van der Waals surface area contributed by atoms with Crippen LogP contribution in [0.25, 0.3) is 16.7 Å². The largest absolute Gasteiger partial charge is 0.481 e. The van der Waals surface area contributed by atoms with E-state index in [2.05, 4.69) is 4.98 Å². The quantitative estimate of drug-likeness (QED) is 0.505. The van der Waals surface area contributed by atoms with Crippen LogP contribution >= 0.6 is 23.2 Å². The Hall–Kier alpha value is -2.76. The van der Waals surface area contributed by atoms with E-state index in [0.29, 0.717) is 28.2 Å². The highest BCUT2D eigenvalue weighted by Gasteiger charge is 2.15. The number of imidazole rings is 1. The zero-order valence-electron chi connectivity index (χ0n) is 14.4. The summed E-state index contributed by atoms with van der Waals surface area (Å²) in [7, 11) is 1.55. The summed E-state index contributed by atoms with van der Waals surface area (Å²) in [6, 6.07) is 16.5. The second-order valence-electron chi connectivity index (χ2n) is 6.00. The Morgan fingerprint density at radius 1 is 1.00 bits per heavy atom. The Kier molecular flexibility index (Phi) is 4.64. The minimum atomic E-state index is -0.158. The highest BCUT2D eigenvalue weighted by Crippen LogP contribution is 2.24. The van der Waals surface area contributed by atoms with Crippen LogP contribution in [0.4, 0.5) is 0 Å². The number of methoxy groups -OCH3 is 1.